The van der Waals surface area contributed by atoms with Gasteiger partial charge in [0.2, 0.25) is 5.95 Å². The predicted octanol–water partition coefficient (Wildman–Crippen LogP) is 11.9. The molecule has 0 atom stereocenters. The normalized spacial score (nSPS) is 11.9. The van der Waals surface area contributed by atoms with Gasteiger partial charge in [-0.2, -0.15) is 0 Å². The van der Waals surface area contributed by atoms with E-state index in [1.54, 1.807) is 0 Å². The maximum absolute atomic E-state index is 6.65. The van der Waals surface area contributed by atoms with Gasteiger partial charge in [-0.05, 0) is 59.7 Å². The summed E-state index contributed by atoms with van der Waals surface area (Å²) in [6.45, 7) is 0. The van der Waals surface area contributed by atoms with Gasteiger partial charge in [-0.25, -0.2) is 9.97 Å². The van der Waals surface area contributed by atoms with Crippen LogP contribution in [0.25, 0.3) is 99.7 Å². The molecule has 4 heterocycles. The second-order valence-corrected chi connectivity index (χ2v) is 13.0. The van der Waals surface area contributed by atoms with E-state index in [4.69, 9.17) is 14.4 Å². The highest BCUT2D eigenvalue weighted by Gasteiger charge is 2.22. The lowest BCUT2D eigenvalue weighted by Gasteiger charge is -2.10. The molecule has 0 radical (unpaired) electrons. The highest BCUT2D eigenvalue weighted by Crippen LogP contribution is 2.40. The maximum Gasteiger partial charge on any atom is 0.236 e. The van der Waals surface area contributed by atoms with Crippen LogP contribution in [-0.2, 0) is 0 Å². The van der Waals surface area contributed by atoms with Gasteiger partial charge in [0, 0.05) is 38.2 Å². The number of nitrogens with zero attached hydrogens (tertiary/aromatic N) is 4. The van der Waals surface area contributed by atoms with Crippen LogP contribution in [0.4, 0.5) is 0 Å². The Bertz CT molecular complexity index is 3080. The van der Waals surface area contributed by atoms with Gasteiger partial charge in [-0.15, -0.1) is 0 Å². The van der Waals surface area contributed by atoms with Crippen molar-refractivity contribution in [3.63, 3.8) is 0 Å². The Kier molecular flexibility index (Phi) is 5.89. The molecule has 0 N–H and O–H groups in total. The van der Waals surface area contributed by atoms with Crippen molar-refractivity contribution >= 4 is 65.7 Å². The summed E-state index contributed by atoms with van der Waals surface area (Å²) >= 11 is 0. The fourth-order valence-electron chi connectivity index (χ4n) is 7.85. The third kappa shape index (κ3) is 4.15. The van der Waals surface area contributed by atoms with Crippen molar-refractivity contribution in [1.82, 2.24) is 19.1 Å². The molecule has 0 fully saturated rings. The standard InChI is InChI=1S/C46H28N4O/c1-3-13-29(14-4-1)31-23-25-41-36(27-31)35-19-9-10-20-38(35)49(41)32-24-26-42-37(28-32)44-45(51-42)43(30-15-5-2-6-16-30)47-46(48-44)50-39-21-11-7-17-33(39)34-18-8-12-22-40(34)50/h1-28H. The van der Waals surface area contributed by atoms with Crippen LogP contribution in [0.2, 0.25) is 0 Å². The van der Waals surface area contributed by atoms with E-state index >= 15 is 0 Å². The smallest absolute Gasteiger partial charge is 0.236 e. The lowest BCUT2D eigenvalue weighted by molar-refractivity contribution is 0.666. The first-order chi connectivity index (χ1) is 25.3. The van der Waals surface area contributed by atoms with E-state index < -0.39 is 0 Å². The summed E-state index contributed by atoms with van der Waals surface area (Å²) in [4.78, 5) is 10.6. The molecule has 11 aromatic rings. The summed E-state index contributed by atoms with van der Waals surface area (Å²) < 4.78 is 11.2. The third-order valence-corrected chi connectivity index (χ3v) is 10.1. The Hall–Kier alpha value is -6.98. The fourth-order valence-corrected chi connectivity index (χ4v) is 7.85. The minimum atomic E-state index is 0.608. The number of benzene rings is 7. The minimum absolute atomic E-state index is 0.608. The topological polar surface area (TPSA) is 48.8 Å². The first-order valence-corrected chi connectivity index (χ1v) is 17.2. The van der Waals surface area contributed by atoms with Crippen LogP contribution >= 0.6 is 0 Å². The molecule has 0 aliphatic heterocycles. The maximum atomic E-state index is 6.65. The van der Waals surface area contributed by atoms with Crippen LogP contribution in [0.15, 0.2) is 174 Å². The molecule has 0 saturated carbocycles. The van der Waals surface area contributed by atoms with E-state index in [0.717, 1.165) is 55.5 Å². The van der Waals surface area contributed by atoms with Gasteiger partial charge in [-0.3, -0.25) is 4.57 Å². The molecule has 11 rings (SSSR count). The first-order valence-electron chi connectivity index (χ1n) is 17.2. The van der Waals surface area contributed by atoms with Crippen LogP contribution < -0.4 is 0 Å². The molecule has 0 aliphatic rings. The summed E-state index contributed by atoms with van der Waals surface area (Å²) in [7, 11) is 0. The molecule has 0 bridgehead atoms. The van der Waals surface area contributed by atoms with Crippen molar-refractivity contribution in [2.45, 2.75) is 0 Å². The van der Waals surface area contributed by atoms with Crippen molar-refractivity contribution < 1.29 is 4.42 Å². The average Bonchev–Trinajstić information content (AvgIpc) is 3.85. The summed E-state index contributed by atoms with van der Waals surface area (Å²) in [6, 6.07) is 59.6. The van der Waals surface area contributed by atoms with Crippen molar-refractivity contribution in [3.8, 4) is 34.0 Å². The number of hydrogen-bond donors (Lipinski definition) is 0. The second kappa shape index (κ2) is 10.8. The van der Waals surface area contributed by atoms with E-state index in [9.17, 15) is 0 Å². The van der Waals surface area contributed by atoms with Gasteiger partial charge in [-0.1, -0.05) is 121 Å². The van der Waals surface area contributed by atoms with E-state index in [1.165, 1.54) is 32.7 Å². The van der Waals surface area contributed by atoms with Crippen molar-refractivity contribution in [2.75, 3.05) is 0 Å². The summed E-state index contributed by atoms with van der Waals surface area (Å²) in [5.74, 6) is 0.608. The first kappa shape index (κ1) is 27.9. The highest BCUT2D eigenvalue weighted by molar-refractivity contribution is 6.13. The summed E-state index contributed by atoms with van der Waals surface area (Å²) in [6.07, 6.45) is 0. The van der Waals surface area contributed by atoms with E-state index in [-0.39, 0.29) is 0 Å². The van der Waals surface area contributed by atoms with Crippen molar-refractivity contribution in [1.29, 1.82) is 0 Å². The van der Waals surface area contributed by atoms with Gasteiger partial charge >= 0.3 is 0 Å². The van der Waals surface area contributed by atoms with Gasteiger partial charge < -0.3 is 8.98 Å². The molecule has 4 aromatic heterocycles. The molecule has 0 spiro atoms. The van der Waals surface area contributed by atoms with E-state index in [1.807, 2.05) is 18.2 Å². The zero-order chi connectivity index (χ0) is 33.5. The van der Waals surface area contributed by atoms with Gasteiger partial charge in [0.05, 0.1) is 22.1 Å². The molecule has 0 aliphatic carbocycles. The Labute approximate surface area is 292 Å². The zero-order valence-corrected chi connectivity index (χ0v) is 27.4. The number of rotatable bonds is 4. The molecule has 238 valence electrons. The lowest BCUT2D eigenvalue weighted by atomic mass is 10.0. The fraction of sp³-hybridized carbons (Fsp3) is 0. The quantitative estimate of drug-likeness (QED) is 0.190. The molecule has 0 unspecified atom stereocenters. The number of furan rings is 1. The number of hydrogen-bond acceptors (Lipinski definition) is 3. The molecule has 5 nitrogen and oxygen atoms in total. The molecule has 51 heavy (non-hydrogen) atoms. The van der Waals surface area contributed by atoms with Gasteiger partial charge in [0.15, 0.2) is 5.58 Å². The van der Waals surface area contributed by atoms with Crippen molar-refractivity contribution in [2.24, 2.45) is 0 Å². The van der Waals surface area contributed by atoms with Gasteiger partial charge in [0.1, 0.15) is 16.8 Å². The zero-order valence-electron chi connectivity index (χ0n) is 27.4. The van der Waals surface area contributed by atoms with E-state index in [2.05, 4.69) is 161 Å². The summed E-state index contributed by atoms with van der Waals surface area (Å²) in [5, 5.41) is 5.70. The Morgan fingerprint density at radius 2 is 0.961 bits per heavy atom. The van der Waals surface area contributed by atoms with Gasteiger partial charge in [0.25, 0.3) is 0 Å². The number of para-hydroxylation sites is 3. The van der Waals surface area contributed by atoms with Crippen LogP contribution in [0.3, 0.4) is 0 Å². The molecule has 0 saturated heterocycles. The summed E-state index contributed by atoms with van der Waals surface area (Å²) in [5.41, 5.74) is 11.8. The average molecular weight is 653 g/mol. The SMILES string of the molecule is c1ccc(-c2ccc3c(c2)c2ccccc2n3-c2ccc3oc4c(-c5ccccc5)nc(-n5c6ccccc6c6ccccc65)nc4c3c2)cc1. The lowest BCUT2D eigenvalue weighted by Crippen LogP contribution is -2.02. The molecular weight excluding hydrogens is 625 g/mol. The molecular formula is C46H28N4O. The number of aromatic nitrogens is 4. The third-order valence-electron chi connectivity index (χ3n) is 10.1. The monoisotopic (exact) mass is 652 g/mol. The van der Waals surface area contributed by atoms with Crippen LogP contribution in [0, 0.1) is 0 Å². The molecule has 5 heteroatoms. The molecule has 7 aromatic carbocycles. The number of fused-ring (bicyclic) bond motifs is 9. The molecule has 0 amide bonds. The predicted molar refractivity (Wildman–Crippen MR) is 209 cm³/mol. The van der Waals surface area contributed by atoms with Crippen LogP contribution in [0.5, 0.6) is 0 Å². The van der Waals surface area contributed by atoms with Crippen LogP contribution in [-0.4, -0.2) is 19.1 Å². The highest BCUT2D eigenvalue weighted by atomic mass is 16.3. The van der Waals surface area contributed by atoms with Crippen LogP contribution in [0.1, 0.15) is 0 Å². The Morgan fingerprint density at radius 1 is 0.392 bits per heavy atom. The Balaban J connectivity index is 1.19. The van der Waals surface area contributed by atoms with Crippen molar-refractivity contribution in [3.05, 3.63) is 170 Å². The largest absolute Gasteiger partial charge is 0.452 e. The second-order valence-electron chi connectivity index (χ2n) is 13.0. The Morgan fingerprint density at radius 3 is 1.65 bits per heavy atom. The van der Waals surface area contributed by atoms with E-state index in [0.29, 0.717) is 11.5 Å². The minimum Gasteiger partial charge on any atom is -0.452 e.